The van der Waals surface area contributed by atoms with Crippen LogP contribution in [0.25, 0.3) is 6.08 Å². The zero-order valence-corrected chi connectivity index (χ0v) is 16.6. The highest BCUT2D eigenvalue weighted by atomic mass is 79.9. The Kier molecular flexibility index (Phi) is 5.94. The molecule has 0 radical (unpaired) electrons. The van der Waals surface area contributed by atoms with Gasteiger partial charge in [-0.3, -0.25) is 4.79 Å². The van der Waals surface area contributed by atoms with E-state index in [1.807, 2.05) is 54.6 Å². The third-order valence-corrected chi connectivity index (χ3v) is 6.69. The van der Waals surface area contributed by atoms with E-state index in [1.165, 1.54) is 0 Å². The van der Waals surface area contributed by atoms with Crippen LogP contribution in [0.3, 0.4) is 0 Å². The Bertz CT molecular complexity index is 892. The van der Waals surface area contributed by atoms with Crippen molar-refractivity contribution in [2.24, 2.45) is 0 Å². The first-order valence-electron chi connectivity index (χ1n) is 8.43. The Morgan fingerprint density at radius 1 is 1.12 bits per heavy atom. The van der Waals surface area contributed by atoms with E-state index in [-0.39, 0.29) is 23.5 Å². The van der Waals surface area contributed by atoms with Crippen LogP contribution in [0.4, 0.5) is 0 Å². The lowest BCUT2D eigenvalue weighted by Crippen LogP contribution is -2.41. The van der Waals surface area contributed by atoms with Crippen molar-refractivity contribution in [2.75, 3.05) is 18.1 Å². The standard InChI is InChI=1S/C20H20BrNO3S/c21-18-10-8-17(9-11-18)20(23)22(19-12-14-26(24,25)15-19)13-4-7-16-5-2-1-3-6-16/h1-11,19H,12-15H2/b7-4+/t19-/m1/s1. The van der Waals surface area contributed by atoms with Crippen LogP contribution in [0.15, 0.2) is 65.1 Å². The molecule has 1 saturated heterocycles. The Morgan fingerprint density at radius 2 is 1.81 bits per heavy atom. The highest BCUT2D eigenvalue weighted by Gasteiger charge is 2.34. The van der Waals surface area contributed by atoms with Gasteiger partial charge in [0, 0.05) is 22.6 Å². The number of sulfone groups is 1. The highest BCUT2D eigenvalue weighted by molar-refractivity contribution is 9.10. The van der Waals surface area contributed by atoms with Crippen molar-refractivity contribution in [3.05, 3.63) is 76.3 Å². The minimum atomic E-state index is -3.07. The summed E-state index contributed by atoms with van der Waals surface area (Å²) >= 11 is 3.37. The molecule has 0 unspecified atom stereocenters. The normalized spacial score (nSPS) is 18.9. The van der Waals surface area contributed by atoms with Gasteiger partial charge in [-0.15, -0.1) is 0 Å². The summed E-state index contributed by atoms with van der Waals surface area (Å²) in [6.45, 7) is 0.379. The minimum Gasteiger partial charge on any atom is -0.331 e. The number of carbonyl (C=O) groups excluding carboxylic acids is 1. The fraction of sp³-hybridized carbons (Fsp3) is 0.250. The summed E-state index contributed by atoms with van der Waals surface area (Å²) < 4.78 is 24.7. The zero-order chi connectivity index (χ0) is 18.6. The van der Waals surface area contributed by atoms with Gasteiger partial charge in [-0.25, -0.2) is 8.42 Å². The van der Waals surface area contributed by atoms with Crippen LogP contribution in [0.2, 0.25) is 0 Å². The monoisotopic (exact) mass is 433 g/mol. The minimum absolute atomic E-state index is 0.0362. The molecule has 1 aliphatic rings. The average molecular weight is 434 g/mol. The fourth-order valence-electron chi connectivity index (χ4n) is 3.04. The maximum absolute atomic E-state index is 13.0. The summed E-state index contributed by atoms with van der Waals surface area (Å²) in [7, 11) is -3.07. The molecule has 6 heteroatoms. The van der Waals surface area contributed by atoms with E-state index in [0.717, 1.165) is 10.0 Å². The van der Waals surface area contributed by atoms with Crippen molar-refractivity contribution >= 4 is 37.8 Å². The molecule has 1 amide bonds. The Balaban J connectivity index is 1.80. The molecule has 0 bridgehead atoms. The quantitative estimate of drug-likeness (QED) is 0.720. The van der Waals surface area contributed by atoms with Gasteiger partial charge in [-0.2, -0.15) is 0 Å². The van der Waals surface area contributed by atoms with Crippen molar-refractivity contribution < 1.29 is 13.2 Å². The van der Waals surface area contributed by atoms with Crippen LogP contribution in [0.1, 0.15) is 22.3 Å². The van der Waals surface area contributed by atoms with Gasteiger partial charge >= 0.3 is 0 Å². The van der Waals surface area contributed by atoms with E-state index in [9.17, 15) is 13.2 Å². The van der Waals surface area contributed by atoms with Gasteiger partial charge in [0.1, 0.15) is 0 Å². The summed E-state index contributed by atoms with van der Waals surface area (Å²) in [5.74, 6) is 0.0378. The van der Waals surface area contributed by atoms with Gasteiger partial charge in [-0.05, 0) is 36.2 Å². The molecule has 0 saturated carbocycles. The first-order valence-corrected chi connectivity index (χ1v) is 11.0. The third kappa shape index (κ3) is 4.83. The molecule has 1 heterocycles. The lowest BCUT2D eigenvalue weighted by atomic mass is 10.1. The van der Waals surface area contributed by atoms with Crippen molar-refractivity contribution in [3.8, 4) is 0 Å². The van der Waals surface area contributed by atoms with Crippen LogP contribution in [-0.4, -0.2) is 43.3 Å². The molecule has 3 rings (SSSR count). The molecule has 1 fully saturated rings. The van der Waals surface area contributed by atoms with Gasteiger partial charge in [0.15, 0.2) is 9.84 Å². The third-order valence-electron chi connectivity index (χ3n) is 4.41. The maximum atomic E-state index is 13.0. The number of nitrogens with zero attached hydrogens (tertiary/aromatic N) is 1. The van der Waals surface area contributed by atoms with Crippen molar-refractivity contribution in [3.63, 3.8) is 0 Å². The number of amides is 1. The molecule has 4 nitrogen and oxygen atoms in total. The van der Waals surface area contributed by atoms with E-state index in [1.54, 1.807) is 17.0 Å². The topological polar surface area (TPSA) is 54.5 Å². The van der Waals surface area contributed by atoms with Crippen LogP contribution in [0.5, 0.6) is 0 Å². The second-order valence-electron chi connectivity index (χ2n) is 6.33. The Morgan fingerprint density at radius 3 is 2.42 bits per heavy atom. The molecule has 0 N–H and O–H groups in total. The number of hydrogen-bond acceptors (Lipinski definition) is 3. The lowest BCUT2D eigenvalue weighted by molar-refractivity contribution is 0.0721. The van der Waals surface area contributed by atoms with Crippen molar-refractivity contribution in [1.29, 1.82) is 0 Å². The second kappa shape index (κ2) is 8.18. The van der Waals surface area contributed by atoms with E-state index in [4.69, 9.17) is 0 Å². The average Bonchev–Trinajstić information content (AvgIpc) is 2.99. The maximum Gasteiger partial charge on any atom is 0.254 e. The SMILES string of the molecule is O=C(c1ccc(Br)cc1)N(C/C=C/c1ccccc1)[C@@H]1CCS(=O)(=O)C1. The van der Waals surface area contributed by atoms with Crippen molar-refractivity contribution in [2.45, 2.75) is 12.5 Å². The van der Waals surface area contributed by atoms with Crippen LogP contribution < -0.4 is 0 Å². The van der Waals surface area contributed by atoms with Gasteiger partial charge in [0.2, 0.25) is 0 Å². The van der Waals surface area contributed by atoms with Gasteiger partial charge in [0.05, 0.1) is 11.5 Å². The molecule has 0 aromatic heterocycles. The first kappa shape index (κ1) is 18.9. The van der Waals surface area contributed by atoms with Crippen LogP contribution in [0, 0.1) is 0 Å². The number of carbonyl (C=O) groups is 1. The number of hydrogen-bond donors (Lipinski definition) is 0. The zero-order valence-electron chi connectivity index (χ0n) is 14.2. The number of halogens is 1. The fourth-order valence-corrected chi connectivity index (χ4v) is 5.04. The number of rotatable bonds is 5. The lowest BCUT2D eigenvalue weighted by Gasteiger charge is -2.27. The summed E-state index contributed by atoms with van der Waals surface area (Å²) in [4.78, 5) is 14.7. The van der Waals surface area contributed by atoms with Gasteiger partial charge < -0.3 is 4.90 Å². The molecule has 1 atom stereocenters. The predicted molar refractivity (Wildman–Crippen MR) is 108 cm³/mol. The summed E-state index contributed by atoms with van der Waals surface area (Å²) in [6, 6.07) is 16.7. The summed E-state index contributed by atoms with van der Waals surface area (Å²) in [5, 5.41) is 0. The van der Waals surface area contributed by atoms with E-state index in [0.29, 0.717) is 18.5 Å². The van der Waals surface area contributed by atoms with E-state index >= 15 is 0 Å². The predicted octanol–water partition coefficient (Wildman–Crippen LogP) is 3.79. The first-order chi connectivity index (χ1) is 12.4. The highest BCUT2D eigenvalue weighted by Crippen LogP contribution is 2.21. The Labute approximate surface area is 162 Å². The smallest absolute Gasteiger partial charge is 0.254 e. The van der Waals surface area contributed by atoms with E-state index in [2.05, 4.69) is 15.9 Å². The molecule has 1 aliphatic heterocycles. The molecular weight excluding hydrogens is 414 g/mol. The molecule has 2 aromatic rings. The summed E-state index contributed by atoms with van der Waals surface area (Å²) in [5.41, 5.74) is 1.60. The molecule has 2 aromatic carbocycles. The van der Waals surface area contributed by atoms with Crippen molar-refractivity contribution in [1.82, 2.24) is 4.90 Å². The molecule has 136 valence electrons. The van der Waals surface area contributed by atoms with Gasteiger partial charge in [-0.1, -0.05) is 58.4 Å². The van der Waals surface area contributed by atoms with Crippen LogP contribution in [-0.2, 0) is 9.84 Å². The summed E-state index contributed by atoms with van der Waals surface area (Å²) in [6.07, 6.45) is 4.35. The van der Waals surface area contributed by atoms with Crippen LogP contribution >= 0.6 is 15.9 Å². The molecule has 26 heavy (non-hydrogen) atoms. The van der Waals surface area contributed by atoms with Gasteiger partial charge in [0.25, 0.3) is 5.91 Å². The molecule has 0 aliphatic carbocycles. The second-order valence-corrected chi connectivity index (χ2v) is 9.48. The number of benzene rings is 2. The largest absolute Gasteiger partial charge is 0.331 e. The Hall–Kier alpha value is -1.92. The van der Waals surface area contributed by atoms with E-state index < -0.39 is 9.84 Å². The molecule has 0 spiro atoms. The molecular formula is C20H20BrNO3S.